The number of thioether (sulfide) groups is 1. The highest BCUT2D eigenvalue weighted by Crippen LogP contribution is 2.25. The van der Waals surface area contributed by atoms with Gasteiger partial charge in [0.1, 0.15) is 5.82 Å². The van der Waals surface area contributed by atoms with E-state index in [-0.39, 0.29) is 11.7 Å². The molecule has 1 amide bonds. The Bertz CT molecular complexity index is 601. The van der Waals surface area contributed by atoms with Crippen molar-refractivity contribution in [2.45, 2.75) is 13.8 Å². The predicted molar refractivity (Wildman–Crippen MR) is 79.2 cm³/mol. The van der Waals surface area contributed by atoms with Crippen LogP contribution in [-0.2, 0) is 4.79 Å². The minimum atomic E-state index is -0.294. The summed E-state index contributed by atoms with van der Waals surface area (Å²) >= 11 is 4.50. The van der Waals surface area contributed by atoms with Crippen LogP contribution in [0.2, 0.25) is 0 Å². The summed E-state index contributed by atoms with van der Waals surface area (Å²) in [6, 6.07) is 1.44. The number of amidine groups is 1. The molecule has 7 heteroatoms. The third-order valence-electron chi connectivity index (χ3n) is 2.63. The van der Waals surface area contributed by atoms with E-state index in [1.165, 1.54) is 17.8 Å². The molecule has 0 radical (unpaired) electrons. The molecule has 1 aliphatic rings. The van der Waals surface area contributed by atoms with Crippen molar-refractivity contribution in [1.29, 1.82) is 0 Å². The lowest BCUT2D eigenvalue weighted by Gasteiger charge is -2.07. The maximum absolute atomic E-state index is 13.5. The van der Waals surface area contributed by atoms with Crippen LogP contribution in [-0.4, -0.2) is 23.0 Å². The number of nitrogens with one attached hydrogen (secondary N) is 1. The zero-order valence-corrected chi connectivity index (χ0v) is 12.7. The average Bonchev–Trinajstić information content (AvgIpc) is 2.77. The number of halogens is 2. The highest BCUT2D eigenvalue weighted by atomic mass is 79.9. The van der Waals surface area contributed by atoms with Gasteiger partial charge in [-0.15, -0.1) is 5.10 Å². The van der Waals surface area contributed by atoms with Gasteiger partial charge in [-0.2, -0.15) is 5.10 Å². The Balaban J connectivity index is 2.24. The number of amides is 1. The zero-order valence-electron chi connectivity index (χ0n) is 10.3. The highest BCUT2D eigenvalue weighted by Gasteiger charge is 2.16. The van der Waals surface area contributed by atoms with Gasteiger partial charge in [-0.25, -0.2) is 4.39 Å². The average molecular weight is 344 g/mol. The Kier molecular flexibility index (Phi) is 4.36. The van der Waals surface area contributed by atoms with Crippen LogP contribution in [0.15, 0.2) is 20.7 Å². The smallest absolute Gasteiger partial charge is 0.236 e. The third-order valence-corrected chi connectivity index (χ3v) is 4.47. The quantitative estimate of drug-likeness (QED) is 0.663. The molecule has 1 aromatic rings. The zero-order chi connectivity index (χ0) is 14.0. The number of carbonyl (C=O) groups excluding carboxylic acids is 1. The molecule has 1 saturated heterocycles. The van der Waals surface area contributed by atoms with E-state index in [9.17, 15) is 9.18 Å². The van der Waals surface area contributed by atoms with E-state index in [1.54, 1.807) is 13.1 Å². The summed E-state index contributed by atoms with van der Waals surface area (Å²) in [5, 5.41) is 10.9. The van der Waals surface area contributed by atoms with Crippen molar-refractivity contribution in [2.75, 3.05) is 5.75 Å². The first-order valence-electron chi connectivity index (χ1n) is 5.48. The van der Waals surface area contributed by atoms with Crippen LogP contribution in [0.5, 0.6) is 0 Å². The fraction of sp³-hybridized carbons (Fsp3) is 0.250. The Morgan fingerprint density at radius 3 is 2.89 bits per heavy atom. The lowest BCUT2D eigenvalue weighted by atomic mass is 10.0. The first-order chi connectivity index (χ1) is 8.99. The molecular weight excluding hydrogens is 333 g/mol. The van der Waals surface area contributed by atoms with Crippen LogP contribution in [0, 0.1) is 19.7 Å². The van der Waals surface area contributed by atoms with Gasteiger partial charge in [0, 0.05) is 5.56 Å². The summed E-state index contributed by atoms with van der Waals surface area (Å²) < 4.78 is 13.9. The molecule has 0 bridgehead atoms. The number of aryl methyl sites for hydroxylation is 1. The summed E-state index contributed by atoms with van der Waals surface area (Å²) in [6.07, 6.45) is 1.56. The summed E-state index contributed by atoms with van der Waals surface area (Å²) in [6.45, 7) is 3.61. The first-order valence-corrected chi connectivity index (χ1v) is 7.25. The molecule has 0 unspecified atom stereocenters. The van der Waals surface area contributed by atoms with E-state index in [0.29, 0.717) is 15.4 Å². The number of nitrogens with zero attached hydrogens (tertiary/aromatic N) is 2. The molecule has 0 saturated carbocycles. The van der Waals surface area contributed by atoms with Crippen molar-refractivity contribution in [1.82, 2.24) is 5.32 Å². The van der Waals surface area contributed by atoms with Crippen LogP contribution < -0.4 is 5.32 Å². The van der Waals surface area contributed by atoms with Gasteiger partial charge in [-0.05, 0) is 47.0 Å². The van der Waals surface area contributed by atoms with E-state index in [1.807, 2.05) is 6.92 Å². The van der Waals surface area contributed by atoms with Gasteiger partial charge < -0.3 is 5.32 Å². The monoisotopic (exact) mass is 343 g/mol. The van der Waals surface area contributed by atoms with Crippen molar-refractivity contribution >= 4 is 45.0 Å². The normalized spacial score (nSPS) is 17.5. The maximum Gasteiger partial charge on any atom is 0.236 e. The minimum Gasteiger partial charge on any atom is -0.303 e. The van der Waals surface area contributed by atoms with E-state index in [2.05, 4.69) is 31.4 Å². The lowest BCUT2D eigenvalue weighted by Crippen LogP contribution is -2.19. The van der Waals surface area contributed by atoms with E-state index < -0.39 is 0 Å². The van der Waals surface area contributed by atoms with Crippen molar-refractivity contribution in [3.63, 3.8) is 0 Å². The Hall–Kier alpha value is -1.21. The predicted octanol–water partition coefficient (Wildman–Crippen LogP) is 2.76. The molecule has 0 atom stereocenters. The van der Waals surface area contributed by atoms with E-state index in [4.69, 9.17) is 0 Å². The molecule has 100 valence electrons. The topological polar surface area (TPSA) is 53.8 Å². The number of benzene rings is 1. The number of carbonyl (C=O) groups is 1. The second-order valence-corrected chi connectivity index (χ2v) is 5.77. The number of hydrogen-bond acceptors (Lipinski definition) is 4. The molecule has 0 spiro atoms. The van der Waals surface area contributed by atoms with Crippen molar-refractivity contribution in [2.24, 2.45) is 10.2 Å². The third kappa shape index (κ3) is 3.22. The fourth-order valence-corrected chi connectivity index (χ4v) is 2.60. The first kappa shape index (κ1) is 14.2. The van der Waals surface area contributed by atoms with Crippen LogP contribution in [0.1, 0.15) is 16.7 Å². The summed E-state index contributed by atoms with van der Waals surface area (Å²) in [5.41, 5.74) is 2.36. The summed E-state index contributed by atoms with van der Waals surface area (Å²) in [5.74, 6) is 0.00188. The van der Waals surface area contributed by atoms with E-state index in [0.717, 1.165) is 16.7 Å². The molecule has 0 aliphatic carbocycles. The lowest BCUT2D eigenvalue weighted by molar-refractivity contribution is -0.116. The van der Waals surface area contributed by atoms with Crippen molar-refractivity contribution < 1.29 is 9.18 Å². The van der Waals surface area contributed by atoms with Gasteiger partial charge in [0.15, 0.2) is 5.17 Å². The van der Waals surface area contributed by atoms with Crippen LogP contribution in [0.4, 0.5) is 4.39 Å². The number of rotatable bonds is 2. The van der Waals surface area contributed by atoms with Gasteiger partial charge in [0.25, 0.3) is 0 Å². The van der Waals surface area contributed by atoms with Crippen molar-refractivity contribution in [3.8, 4) is 0 Å². The second kappa shape index (κ2) is 5.83. The van der Waals surface area contributed by atoms with Gasteiger partial charge in [0.05, 0.1) is 16.4 Å². The second-order valence-electron chi connectivity index (χ2n) is 4.01. The van der Waals surface area contributed by atoms with Gasteiger partial charge >= 0.3 is 0 Å². The molecular formula is C12H11BrFN3OS. The fourth-order valence-electron chi connectivity index (χ4n) is 1.64. The molecule has 4 nitrogen and oxygen atoms in total. The van der Waals surface area contributed by atoms with Crippen LogP contribution >= 0.6 is 27.7 Å². The van der Waals surface area contributed by atoms with Crippen LogP contribution in [0.25, 0.3) is 0 Å². The Labute approximate surface area is 122 Å². The van der Waals surface area contributed by atoms with Crippen molar-refractivity contribution in [3.05, 3.63) is 33.0 Å². The summed E-state index contributed by atoms with van der Waals surface area (Å²) in [7, 11) is 0. The highest BCUT2D eigenvalue weighted by molar-refractivity contribution is 9.10. The summed E-state index contributed by atoms with van der Waals surface area (Å²) in [4.78, 5) is 11.0. The Morgan fingerprint density at radius 2 is 2.26 bits per heavy atom. The van der Waals surface area contributed by atoms with Gasteiger partial charge in [-0.1, -0.05) is 11.8 Å². The number of hydrogen-bond donors (Lipinski definition) is 1. The molecule has 1 N–H and O–H groups in total. The minimum absolute atomic E-state index is 0.0733. The SMILES string of the molecule is Cc1cc(F)c(Br)c(C)c1C=NN=C1NC(=O)CS1. The molecule has 1 aliphatic heterocycles. The van der Waals surface area contributed by atoms with Crippen LogP contribution in [0.3, 0.4) is 0 Å². The van der Waals surface area contributed by atoms with Gasteiger partial charge in [0.2, 0.25) is 5.91 Å². The molecule has 2 rings (SSSR count). The Morgan fingerprint density at radius 1 is 1.53 bits per heavy atom. The molecule has 1 fully saturated rings. The standard InChI is InChI=1S/C12H11BrFN3OS/c1-6-3-9(14)11(13)7(2)8(6)4-15-17-12-16-10(18)5-19-12/h3-4H,5H2,1-2H3,(H,16,17,18). The molecule has 0 aromatic heterocycles. The molecule has 1 heterocycles. The molecule has 19 heavy (non-hydrogen) atoms. The maximum atomic E-state index is 13.5. The van der Waals surface area contributed by atoms with E-state index >= 15 is 0 Å². The molecule has 1 aromatic carbocycles. The largest absolute Gasteiger partial charge is 0.303 e. The van der Waals surface area contributed by atoms with Gasteiger partial charge in [-0.3, -0.25) is 4.79 Å².